The van der Waals surface area contributed by atoms with Crippen molar-refractivity contribution in [3.05, 3.63) is 79.4 Å². The molecule has 0 amide bonds. The minimum atomic E-state index is -0.315. The van der Waals surface area contributed by atoms with E-state index in [1.54, 1.807) is 49.2 Å². The van der Waals surface area contributed by atoms with E-state index in [2.05, 4.69) is 25.3 Å². The first-order chi connectivity index (χ1) is 13.8. The number of aryl methyl sites for hydroxylation is 1. The highest BCUT2D eigenvalue weighted by atomic mass is 19.1. The van der Waals surface area contributed by atoms with Crippen LogP contribution in [0.2, 0.25) is 0 Å². The highest BCUT2D eigenvalue weighted by Crippen LogP contribution is 2.26. The normalized spacial score (nSPS) is 10.8. The fourth-order valence-corrected chi connectivity index (χ4v) is 2.87. The average molecular weight is 374 g/mol. The van der Waals surface area contributed by atoms with Gasteiger partial charge in [0.1, 0.15) is 11.6 Å². The molecule has 1 N–H and O–H groups in total. The molecule has 0 aliphatic carbocycles. The lowest BCUT2D eigenvalue weighted by atomic mass is 10.1. The summed E-state index contributed by atoms with van der Waals surface area (Å²) in [5.74, 6) is 0.841. The molecule has 0 aliphatic rings. The molecule has 0 radical (unpaired) electrons. The van der Waals surface area contributed by atoms with Crippen molar-refractivity contribution in [3.63, 3.8) is 0 Å². The van der Waals surface area contributed by atoms with Crippen LogP contribution >= 0.6 is 0 Å². The molecule has 4 aromatic rings. The van der Waals surface area contributed by atoms with Gasteiger partial charge in [-0.05, 0) is 30.7 Å². The van der Waals surface area contributed by atoms with E-state index >= 15 is 0 Å². The number of imidazole rings is 1. The molecule has 3 aromatic heterocycles. The van der Waals surface area contributed by atoms with E-state index in [1.807, 2.05) is 22.9 Å². The number of halogens is 1. The van der Waals surface area contributed by atoms with Crippen LogP contribution in [0.4, 0.5) is 10.2 Å². The van der Waals surface area contributed by atoms with Crippen LogP contribution in [0.15, 0.2) is 73.6 Å². The number of nitrogens with zero attached hydrogens (tertiary/aromatic N) is 5. The summed E-state index contributed by atoms with van der Waals surface area (Å²) in [6.45, 7) is 1.58. The molecule has 0 spiro atoms. The number of benzene rings is 1. The minimum absolute atomic E-state index is 0.315. The van der Waals surface area contributed by atoms with Gasteiger partial charge in [-0.2, -0.15) is 0 Å². The summed E-state index contributed by atoms with van der Waals surface area (Å²) < 4.78 is 16.3. The third-order valence-corrected chi connectivity index (χ3v) is 4.25. The van der Waals surface area contributed by atoms with Crippen LogP contribution < -0.4 is 5.32 Å². The van der Waals surface area contributed by atoms with Gasteiger partial charge in [-0.15, -0.1) is 0 Å². The average Bonchev–Trinajstić information content (AvgIpc) is 3.26. The number of anilines is 1. The van der Waals surface area contributed by atoms with Gasteiger partial charge in [0.25, 0.3) is 0 Å². The lowest BCUT2D eigenvalue weighted by molar-refractivity contribution is 0.630. The number of aromatic nitrogens is 5. The Kier molecular flexibility index (Phi) is 5.33. The maximum Gasteiger partial charge on any atom is 0.163 e. The molecule has 3 heterocycles. The Morgan fingerprint density at radius 3 is 2.71 bits per heavy atom. The van der Waals surface area contributed by atoms with Crippen molar-refractivity contribution in [1.82, 2.24) is 24.5 Å². The maximum absolute atomic E-state index is 14.3. The van der Waals surface area contributed by atoms with Crippen LogP contribution in [-0.2, 0) is 6.54 Å². The van der Waals surface area contributed by atoms with Gasteiger partial charge >= 0.3 is 0 Å². The summed E-state index contributed by atoms with van der Waals surface area (Å²) in [7, 11) is 0. The first kappa shape index (κ1) is 17.8. The maximum atomic E-state index is 14.3. The first-order valence-corrected chi connectivity index (χ1v) is 9.03. The van der Waals surface area contributed by atoms with Crippen molar-refractivity contribution in [3.8, 4) is 22.6 Å². The van der Waals surface area contributed by atoms with E-state index in [4.69, 9.17) is 0 Å². The first-order valence-electron chi connectivity index (χ1n) is 9.03. The van der Waals surface area contributed by atoms with Gasteiger partial charge in [0.15, 0.2) is 5.82 Å². The van der Waals surface area contributed by atoms with E-state index in [-0.39, 0.29) is 5.82 Å². The Morgan fingerprint density at radius 1 is 1.00 bits per heavy atom. The van der Waals surface area contributed by atoms with Gasteiger partial charge in [0.05, 0.1) is 12.0 Å². The van der Waals surface area contributed by atoms with E-state index in [0.29, 0.717) is 22.9 Å². The number of rotatable bonds is 7. The standard InChI is InChI=1S/C21H19FN6/c22-18-7-2-1-6-17(18)19-13-20(25-9-4-11-28-12-10-24-15-28)27-21(26-19)16-5-3-8-23-14-16/h1-3,5-8,10,12-15H,4,9,11H2,(H,25,26,27). The summed E-state index contributed by atoms with van der Waals surface area (Å²) in [6.07, 6.45) is 9.78. The van der Waals surface area contributed by atoms with Gasteiger partial charge in [0.2, 0.25) is 0 Å². The van der Waals surface area contributed by atoms with Crippen molar-refractivity contribution < 1.29 is 4.39 Å². The zero-order valence-electron chi connectivity index (χ0n) is 15.2. The topological polar surface area (TPSA) is 68.5 Å². The van der Waals surface area contributed by atoms with Crippen LogP contribution in [0.1, 0.15) is 6.42 Å². The molecule has 0 bridgehead atoms. The van der Waals surface area contributed by atoms with Gasteiger partial charge in [-0.1, -0.05) is 12.1 Å². The summed E-state index contributed by atoms with van der Waals surface area (Å²) in [6, 6.07) is 12.1. The number of hydrogen-bond acceptors (Lipinski definition) is 5. The fourth-order valence-electron chi connectivity index (χ4n) is 2.87. The summed E-state index contributed by atoms with van der Waals surface area (Å²) in [5.41, 5.74) is 1.75. The van der Waals surface area contributed by atoms with Crippen LogP contribution in [0, 0.1) is 5.82 Å². The zero-order valence-corrected chi connectivity index (χ0v) is 15.2. The molecule has 7 heteroatoms. The summed E-state index contributed by atoms with van der Waals surface area (Å²) in [5, 5.41) is 3.32. The van der Waals surface area contributed by atoms with Crippen LogP contribution in [0.5, 0.6) is 0 Å². The van der Waals surface area contributed by atoms with E-state index < -0.39 is 0 Å². The van der Waals surface area contributed by atoms with Crippen molar-refractivity contribution in [1.29, 1.82) is 0 Å². The predicted octanol–water partition coefficient (Wildman–Crippen LogP) is 4.04. The van der Waals surface area contributed by atoms with Crippen molar-refractivity contribution in [2.45, 2.75) is 13.0 Å². The van der Waals surface area contributed by atoms with Gasteiger partial charge in [0, 0.05) is 55.1 Å². The van der Waals surface area contributed by atoms with Gasteiger partial charge in [-0.25, -0.2) is 19.3 Å². The molecule has 0 fully saturated rings. The number of pyridine rings is 1. The Balaban J connectivity index is 1.59. The largest absolute Gasteiger partial charge is 0.370 e. The Morgan fingerprint density at radius 2 is 1.93 bits per heavy atom. The molecular formula is C21H19FN6. The van der Waals surface area contributed by atoms with E-state index in [0.717, 1.165) is 25.1 Å². The molecule has 0 saturated heterocycles. The highest BCUT2D eigenvalue weighted by molar-refractivity contribution is 5.67. The second-order valence-electron chi connectivity index (χ2n) is 6.26. The van der Waals surface area contributed by atoms with Crippen LogP contribution in [0.3, 0.4) is 0 Å². The lowest BCUT2D eigenvalue weighted by Crippen LogP contribution is -2.08. The lowest BCUT2D eigenvalue weighted by Gasteiger charge is -2.11. The van der Waals surface area contributed by atoms with Crippen molar-refractivity contribution in [2.75, 3.05) is 11.9 Å². The van der Waals surface area contributed by atoms with Gasteiger partial charge in [-0.3, -0.25) is 4.98 Å². The smallest absolute Gasteiger partial charge is 0.163 e. The fraction of sp³-hybridized carbons (Fsp3) is 0.143. The Labute approximate surface area is 162 Å². The van der Waals surface area contributed by atoms with E-state index in [1.165, 1.54) is 6.07 Å². The summed E-state index contributed by atoms with van der Waals surface area (Å²) in [4.78, 5) is 17.3. The molecule has 140 valence electrons. The van der Waals surface area contributed by atoms with Crippen LogP contribution in [0.25, 0.3) is 22.6 Å². The quantitative estimate of drug-likeness (QED) is 0.495. The van der Waals surface area contributed by atoms with Gasteiger partial charge < -0.3 is 9.88 Å². The number of hydrogen-bond donors (Lipinski definition) is 1. The summed E-state index contributed by atoms with van der Waals surface area (Å²) >= 11 is 0. The molecule has 4 rings (SSSR count). The Hall–Kier alpha value is -3.61. The molecule has 0 saturated carbocycles. The zero-order chi connectivity index (χ0) is 19.2. The third kappa shape index (κ3) is 4.20. The van der Waals surface area contributed by atoms with E-state index in [9.17, 15) is 4.39 Å². The molecule has 0 atom stereocenters. The van der Waals surface area contributed by atoms with Crippen molar-refractivity contribution in [2.24, 2.45) is 0 Å². The number of nitrogens with one attached hydrogen (secondary N) is 1. The Bertz CT molecular complexity index is 1030. The second-order valence-corrected chi connectivity index (χ2v) is 6.26. The van der Waals surface area contributed by atoms with Crippen LogP contribution in [-0.4, -0.2) is 31.0 Å². The minimum Gasteiger partial charge on any atom is -0.370 e. The monoisotopic (exact) mass is 374 g/mol. The molecule has 0 unspecified atom stereocenters. The molecule has 28 heavy (non-hydrogen) atoms. The molecular weight excluding hydrogens is 355 g/mol. The molecule has 0 aliphatic heterocycles. The second kappa shape index (κ2) is 8.39. The highest BCUT2D eigenvalue weighted by Gasteiger charge is 2.11. The third-order valence-electron chi connectivity index (χ3n) is 4.25. The van der Waals surface area contributed by atoms with Crippen molar-refractivity contribution >= 4 is 5.82 Å². The molecule has 6 nitrogen and oxygen atoms in total. The molecule has 1 aromatic carbocycles. The SMILES string of the molecule is Fc1ccccc1-c1cc(NCCCn2ccnc2)nc(-c2cccnc2)n1. The predicted molar refractivity (Wildman–Crippen MR) is 106 cm³/mol.